The topological polar surface area (TPSA) is 54.2 Å². The van der Waals surface area contributed by atoms with Crippen molar-refractivity contribution in [2.45, 2.75) is 33.0 Å². The Morgan fingerprint density at radius 1 is 1.14 bits per heavy atom. The maximum atomic E-state index is 5.99. The van der Waals surface area contributed by atoms with Gasteiger partial charge in [-0.05, 0) is 37.1 Å². The summed E-state index contributed by atoms with van der Waals surface area (Å²) in [6.45, 7) is 6.24. The van der Waals surface area contributed by atoms with E-state index in [1.54, 1.807) is 0 Å². The van der Waals surface area contributed by atoms with Gasteiger partial charge >= 0.3 is 0 Å². The van der Waals surface area contributed by atoms with Gasteiger partial charge in [0.15, 0.2) is 5.96 Å². The van der Waals surface area contributed by atoms with Crippen molar-refractivity contribution in [2.75, 3.05) is 6.54 Å². The minimum atomic E-state index is 0. The Morgan fingerprint density at radius 3 is 2.55 bits per heavy atom. The van der Waals surface area contributed by atoms with E-state index in [2.05, 4.69) is 58.3 Å². The normalized spacial score (nSPS) is 12.2. The number of imidazole rings is 1. The van der Waals surface area contributed by atoms with Crippen LogP contribution in [0.3, 0.4) is 0 Å². The molecular formula is C22H27ClIN5. The summed E-state index contributed by atoms with van der Waals surface area (Å²) in [4.78, 5) is 9.20. The van der Waals surface area contributed by atoms with Crippen LogP contribution in [0.5, 0.6) is 0 Å². The lowest BCUT2D eigenvalue weighted by Gasteiger charge is -2.18. The lowest BCUT2D eigenvalue weighted by atomic mass is 10.1. The van der Waals surface area contributed by atoms with Gasteiger partial charge in [0.1, 0.15) is 12.4 Å². The van der Waals surface area contributed by atoms with E-state index >= 15 is 0 Å². The predicted molar refractivity (Wildman–Crippen MR) is 131 cm³/mol. The number of nitrogens with zero attached hydrogens (tertiary/aromatic N) is 3. The first-order valence-corrected chi connectivity index (χ1v) is 9.87. The highest BCUT2D eigenvalue weighted by atomic mass is 127. The molecule has 0 aliphatic carbocycles. The SMILES string of the molecule is CCNC(=NCc1nccn1Cc1ccccc1)NC(C)c1ccc(Cl)cc1.I. The molecule has 0 aliphatic heterocycles. The quantitative estimate of drug-likeness (QED) is 0.260. The van der Waals surface area contributed by atoms with Crippen molar-refractivity contribution in [3.63, 3.8) is 0 Å². The minimum absolute atomic E-state index is 0. The second-order valence-electron chi connectivity index (χ2n) is 6.57. The zero-order valence-electron chi connectivity index (χ0n) is 16.7. The van der Waals surface area contributed by atoms with E-state index in [0.717, 1.165) is 35.5 Å². The number of hydrogen-bond donors (Lipinski definition) is 2. The van der Waals surface area contributed by atoms with Crippen molar-refractivity contribution in [3.05, 3.63) is 89.0 Å². The predicted octanol–water partition coefficient (Wildman–Crippen LogP) is 5.02. The summed E-state index contributed by atoms with van der Waals surface area (Å²) in [5.41, 5.74) is 2.40. The van der Waals surface area contributed by atoms with Gasteiger partial charge in [-0.15, -0.1) is 24.0 Å². The van der Waals surface area contributed by atoms with Crippen molar-refractivity contribution in [1.82, 2.24) is 20.2 Å². The van der Waals surface area contributed by atoms with Gasteiger partial charge in [0.2, 0.25) is 0 Å². The molecule has 154 valence electrons. The lowest BCUT2D eigenvalue weighted by Crippen LogP contribution is -2.38. The van der Waals surface area contributed by atoms with E-state index in [-0.39, 0.29) is 30.0 Å². The van der Waals surface area contributed by atoms with Gasteiger partial charge < -0.3 is 15.2 Å². The van der Waals surface area contributed by atoms with Crippen LogP contribution >= 0.6 is 35.6 Å². The number of nitrogens with one attached hydrogen (secondary N) is 2. The van der Waals surface area contributed by atoms with Gasteiger partial charge in [-0.2, -0.15) is 0 Å². The second-order valence-corrected chi connectivity index (χ2v) is 7.01. The highest BCUT2D eigenvalue weighted by Crippen LogP contribution is 2.16. The molecule has 0 spiro atoms. The van der Waals surface area contributed by atoms with Crippen LogP contribution in [0.1, 0.15) is 36.8 Å². The molecule has 1 heterocycles. The average molecular weight is 524 g/mol. The summed E-state index contributed by atoms with van der Waals surface area (Å²) in [7, 11) is 0. The highest BCUT2D eigenvalue weighted by molar-refractivity contribution is 14.0. The minimum Gasteiger partial charge on any atom is -0.357 e. The molecule has 1 atom stereocenters. The summed E-state index contributed by atoms with van der Waals surface area (Å²) < 4.78 is 2.13. The molecule has 3 aromatic rings. The summed E-state index contributed by atoms with van der Waals surface area (Å²) in [5.74, 6) is 1.69. The standard InChI is InChI=1S/C22H26ClN5.HI/c1-3-24-22(27-17(2)19-9-11-20(23)12-10-19)26-15-21-25-13-14-28(21)16-18-7-5-4-6-8-18;/h4-14,17H,3,15-16H2,1-2H3,(H2,24,26,27);1H. The van der Waals surface area contributed by atoms with Crippen LogP contribution in [0, 0.1) is 0 Å². The Kier molecular flexibility index (Phi) is 9.47. The number of aliphatic imine (C=N–C) groups is 1. The summed E-state index contributed by atoms with van der Waals surface area (Å²) in [6, 6.07) is 18.3. The number of guanidine groups is 1. The Bertz CT molecular complexity index is 893. The molecule has 1 aromatic heterocycles. The molecule has 0 fully saturated rings. The van der Waals surface area contributed by atoms with Crippen molar-refractivity contribution in [3.8, 4) is 0 Å². The number of benzene rings is 2. The van der Waals surface area contributed by atoms with Crippen LogP contribution < -0.4 is 10.6 Å². The first-order valence-electron chi connectivity index (χ1n) is 9.50. The van der Waals surface area contributed by atoms with Crippen LogP contribution in [-0.2, 0) is 13.1 Å². The first kappa shape index (κ1) is 23.2. The molecule has 0 amide bonds. The van der Waals surface area contributed by atoms with Gasteiger partial charge in [-0.25, -0.2) is 9.98 Å². The summed E-state index contributed by atoms with van der Waals surface area (Å²) >= 11 is 5.99. The molecule has 0 saturated carbocycles. The van der Waals surface area contributed by atoms with Crippen LogP contribution in [0.25, 0.3) is 0 Å². The molecule has 0 saturated heterocycles. The molecule has 0 aliphatic rings. The summed E-state index contributed by atoms with van der Waals surface area (Å²) in [5, 5.41) is 7.48. The molecule has 7 heteroatoms. The van der Waals surface area contributed by atoms with Crippen LogP contribution in [-0.4, -0.2) is 22.1 Å². The van der Waals surface area contributed by atoms with E-state index in [0.29, 0.717) is 6.54 Å². The van der Waals surface area contributed by atoms with Gasteiger partial charge in [0.25, 0.3) is 0 Å². The van der Waals surface area contributed by atoms with E-state index in [9.17, 15) is 0 Å². The molecule has 3 rings (SSSR count). The Morgan fingerprint density at radius 2 is 1.86 bits per heavy atom. The molecule has 0 radical (unpaired) electrons. The maximum Gasteiger partial charge on any atom is 0.192 e. The van der Waals surface area contributed by atoms with Crippen LogP contribution in [0.2, 0.25) is 5.02 Å². The van der Waals surface area contributed by atoms with Crippen molar-refractivity contribution in [2.24, 2.45) is 4.99 Å². The van der Waals surface area contributed by atoms with Crippen molar-refractivity contribution >= 4 is 41.5 Å². The molecule has 0 bridgehead atoms. The third-order valence-electron chi connectivity index (χ3n) is 4.44. The fourth-order valence-electron chi connectivity index (χ4n) is 2.93. The van der Waals surface area contributed by atoms with E-state index in [1.165, 1.54) is 5.56 Å². The molecule has 29 heavy (non-hydrogen) atoms. The molecule has 2 N–H and O–H groups in total. The highest BCUT2D eigenvalue weighted by Gasteiger charge is 2.09. The lowest BCUT2D eigenvalue weighted by molar-refractivity contribution is 0.677. The number of halogens is 2. The number of hydrogen-bond acceptors (Lipinski definition) is 2. The monoisotopic (exact) mass is 523 g/mol. The Balaban J connectivity index is 0.00000300. The van der Waals surface area contributed by atoms with Gasteiger partial charge in [0.05, 0.1) is 6.04 Å². The Hall–Kier alpha value is -2.06. The zero-order chi connectivity index (χ0) is 19.8. The third kappa shape index (κ3) is 7.04. The van der Waals surface area contributed by atoms with Crippen LogP contribution in [0.4, 0.5) is 0 Å². The molecule has 2 aromatic carbocycles. The van der Waals surface area contributed by atoms with E-state index < -0.39 is 0 Å². The zero-order valence-corrected chi connectivity index (χ0v) is 19.8. The van der Waals surface area contributed by atoms with E-state index in [1.807, 2.05) is 42.7 Å². The van der Waals surface area contributed by atoms with Crippen LogP contribution in [0.15, 0.2) is 72.0 Å². The van der Waals surface area contributed by atoms with Gasteiger partial charge in [-0.3, -0.25) is 0 Å². The molecule has 1 unspecified atom stereocenters. The first-order chi connectivity index (χ1) is 13.7. The smallest absolute Gasteiger partial charge is 0.192 e. The maximum absolute atomic E-state index is 5.99. The molecular weight excluding hydrogens is 497 g/mol. The Labute approximate surface area is 194 Å². The second kappa shape index (κ2) is 11.8. The van der Waals surface area contributed by atoms with E-state index in [4.69, 9.17) is 16.6 Å². The fraction of sp³-hybridized carbons (Fsp3) is 0.273. The number of aromatic nitrogens is 2. The number of rotatable bonds is 7. The molecule has 5 nitrogen and oxygen atoms in total. The van der Waals surface area contributed by atoms with Crippen molar-refractivity contribution in [1.29, 1.82) is 0 Å². The average Bonchev–Trinajstić information content (AvgIpc) is 3.14. The largest absolute Gasteiger partial charge is 0.357 e. The fourth-order valence-corrected chi connectivity index (χ4v) is 3.05. The van der Waals surface area contributed by atoms with Gasteiger partial charge in [-0.1, -0.05) is 54.1 Å². The third-order valence-corrected chi connectivity index (χ3v) is 4.70. The summed E-state index contributed by atoms with van der Waals surface area (Å²) in [6.07, 6.45) is 3.82. The van der Waals surface area contributed by atoms with Gasteiger partial charge in [0, 0.05) is 30.5 Å². The van der Waals surface area contributed by atoms with Crippen molar-refractivity contribution < 1.29 is 0 Å².